The van der Waals surface area contributed by atoms with Gasteiger partial charge in [-0.2, -0.15) is 10.4 Å². The maximum Gasteiger partial charge on any atom is 0.259 e. The van der Waals surface area contributed by atoms with Gasteiger partial charge in [-0.3, -0.25) is 9.89 Å². The lowest BCUT2D eigenvalue weighted by atomic mass is 10.1. The fourth-order valence-corrected chi connectivity index (χ4v) is 1.69. The molecule has 0 spiro atoms. The van der Waals surface area contributed by atoms with E-state index in [1.165, 1.54) is 6.20 Å². The number of aromatic nitrogens is 2. The van der Waals surface area contributed by atoms with Crippen LogP contribution in [0.25, 0.3) is 0 Å². The largest absolute Gasteiger partial charge is 0.321 e. The highest BCUT2D eigenvalue weighted by Gasteiger charge is 2.13. The molecule has 1 heterocycles. The zero-order valence-electron chi connectivity index (χ0n) is 10.1. The summed E-state index contributed by atoms with van der Waals surface area (Å²) in [6.45, 7) is 3.60. The van der Waals surface area contributed by atoms with Crippen molar-refractivity contribution >= 4 is 11.6 Å². The number of hydrogen-bond donors (Lipinski definition) is 2. The zero-order valence-corrected chi connectivity index (χ0v) is 10.1. The molecule has 5 heteroatoms. The Balaban J connectivity index is 2.31. The number of nitriles is 1. The van der Waals surface area contributed by atoms with Crippen LogP contribution in [0.1, 0.15) is 27.2 Å². The molecule has 0 fully saturated rings. The van der Waals surface area contributed by atoms with Crippen LogP contribution in [0, 0.1) is 25.2 Å². The summed E-state index contributed by atoms with van der Waals surface area (Å²) in [5.41, 5.74) is 2.99. The summed E-state index contributed by atoms with van der Waals surface area (Å²) >= 11 is 0. The van der Waals surface area contributed by atoms with Crippen molar-refractivity contribution in [3.05, 3.63) is 46.8 Å². The van der Waals surface area contributed by atoms with Crippen molar-refractivity contribution in [2.75, 3.05) is 5.32 Å². The van der Waals surface area contributed by atoms with E-state index in [9.17, 15) is 4.79 Å². The lowest BCUT2D eigenvalue weighted by molar-refractivity contribution is 0.102. The van der Waals surface area contributed by atoms with Gasteiger partial charge < -0.3 is 5.32 Å². The predicted octanol–water partition coefficient (Wildman–Crippen LogP) is 2.15. The van der Waals surface area contributed by atoms with Crippen LogP contribution >= 0.6 is 0 Å². The number of amides is 1. The van der Waals surface area contributed by atoms with Gasteiger partial charge in [0.1, 0.15) is 6.07 Å². The molecule has 0 aliphatic rings. The monoisotopic (exact) mass is 240 g/mol. The van der Waals surface area contributed by atoms with E-state index in [0.29, 0.717) is 22.5 Å². The number of rotatable bonds is 2. The predicted molar refractivity (Wildman–Crippen MR) is 67.2 cm³/mol. The summed E-state index contributed by atoms with van der Waals surface area (Å²) in [6.07, 6.45) is 1.46. The van der Waals surface area contributed by atoms with E-state index in [-0.39, 0.29) is 5.91 Å². The molecular formula is C13H12N4O. The molecule has 0 atom stereocenters. The molecule has 0 radical (unpaired) electrons. The number of aromatic amines is 1. The minimum absolute atomic E-state index is 0.275. The molecule has 90 valence electrons. The van der Waals surface area contributed by atoms with Crippen molar-refractivity contribution in [1.82, 2.24) is 10.2 Å². The second-order valence-corrected chi connectivity index (χ2v) is 3.97. The van der Waals surface area contributed by atoms with Crippen LogP contribution in [0.4, 0.5) is 5.69 Å². The van der Waals surface area contributed by atoms with Gasteiger partial charge in [0.25, 0.3) is 5.91 Å². The Morgan fingerprint density at radius 3 is 2.83 bits per heavy atom. The van der Waals surface area contributed by atoms with E-state index in [1.807, 2.05) is 13.0 Å². The Morgan fingerprint density at radius 1 is 1.44 bits per heavy atom. The van der Waals surface area contributed by atoms with Crippen LogP contribution in [0.3, 0.4) is 0 Å². The molecule has 0 saturated carbocycles. The van der Waals surface area contributed by atoms with Gasteiger partial charge in [0.2, 0.25) is 0 Å². The van der Waals surface area contributed by atoms with E-state index >= 15 is 0 Å². The van der Waals surface area contributed by atoms with E-state index in [4.69, 9.17) is 5.26 Å². The van der Waals surface area contributed by atoms with Gasteiger partial charge in [-0.05, 0) is 25.5 Å². The van der Waals surface area contributed by atoms with Gasteiger partial charge in [-0.25, -0.2) is 0 Å². The number of anilines is 1. The van der Waals surface area contributed by atoms with Gasteiger partial charge in [0, 0.05) is 5.69 Å². The standard InChI is InChI=1S/C13H12N4O/c1-8-4-3-5-12(10(8)6-14)16-13(18)11-7-15-17-9(11)2/h3-5,7H,1-2H3,(H,15,17)(H,16,18). The molecule has 2 N–H and O–H groups in total. The summed E-state index contributed by atoms with van der Waals surface area (Å²) < 4.78 is 0. The molecule has 2 aromatic rings. The molecule has 1 aromatic heterocycles. The molecule has 18 heavy (non-hydrogen) atoms. The average Bonchev–Trinajstić information content (AvgIpc) is 2.76. The Kier molecular flexibility index (Phi) is 3.11. The summed E-state index contributed by atoms with van der Waals surface area (Å²) in [5.74, 6) is -0.275. The number of hydrogen-bond acceptors (Lipinski definition) is 3. The van der Waals surface area contributed by atoms with E-state index < -0.39 is 0 Å². The summed E-state index contributed by atoms with van der Waals surface area (Å²) in [4.78, 5) is 12.0. The first kappa shape index (κ1) is 11.9. The molecule has 0 aliphatic carbocycles. The summed E-state index contributed by atoms with van der Waals surface area (Å²) in [7, 11) is 0. The third-order valence-electron chi connectivity index (χ3n) is 2.71. The van der Waals surface area contributed by atoms with Crippen LogP contribution in [-0.2, 0) is 0 Å². The molecule has 1 aromatic carbocycles. The highest BCUT2D eigenvalue weighted by atomic mass is 16.1. The van der Waals surface area contributed by atoms with Gasteiger partial charge in [-0.15, -0.1) is 0 Å². The quantitative estimate of drug-likeness (QED) is 0.843. The van der Waals surface area contributed by atoms with E-state index in [1.54, 1.807) is 19.1 Å². The molecular weight excluding hydrogens is 228 g/mol. The number of carbonyl (C=O) groups excluding carboxylic acids is 1. The van der Waals surface area contributed by atoms with Crippen LogP contribution in [0.15, 0.2) is 24.4 Å². The van der Waals surface area contributed by atoms with Crippen LogP contribution in [0.2, 0.25) is 0 Å². The van der Waals surface area contributed by atoms with E-state index in [2.05, 4.69) is 21.6 Å². The normalized spacial score (nSPS) is 9.83. The Morgan fingerprint density at radius 2 is 2.22 bits per heavy atom. The van der Waals surface area contributed by atoms with Crippen molar-refractivity contribution in [3.63, 3.8) is 0 Å². The second-order valence-electron chi connectivity index (χ2n) is 3.97. The lowest BCUT2D eigenvalue weighted by Crippen LogP contribution is -2.13. The Bertz CT molecular complexity index is 637. The third kappa shape index (κ3) is 2.09. The first-order chi connectivity index (χ1) is 8.63. The number of benzene rings is 1. The van der Waals surface area contributed by atoms with Gasteiger partial charge in [0.15, 0.2) is 0 Å². The maximum absolute atomic E-state index is 12.0. The fourth-order valence-electron chi connectivity index (χ4n) is 1.69. The zero-order chi connectivity index (χ0) is 13.1. The van der Waals surface area contributed by atoms with Crippen molar-refractivity contribution in [1.29, 1.82) is 5.26 Å². The van der Waals surface area contributed by atoms with Crippen molar-refractivity contribution < 1.29 is 4.79 Å². The first-order valence-corrected chi connectivity index (χ1v) is 5.44. The van der Waals surface area contributed by atoms with Crippen molar-refractivity contribution in [3.8, 4) is 6.07 Å². The lowest BCUT2D eigenvalue weighted by Gasteiger charge is -2.08. The van der Waals surface area contributed by atoms with Crippen LogP contribution in [-0.4, -0.2) is 16.1 Å². The smallest absolute Gasteiger partial charge is 0.259 e. The number of nitrogens with zero attached hydrogens (tertiary/aromatic N) is 2. The Hall–Kier alpha value is -2.61. The first-order valence-electron chi connectivity index (χ1n) is 5.44. The Labute approximate surface area is 104 Å². The number of carbonyl (C=O) groups is 1. The molecule has 0 saturated heterocycles. The molecule has 2 rings (SSSR count). The molecule has 0 bridgehead atoms. The highest BCUT2D eigenvalue weighted by Crippen LogP contribution is 2.19. The molecule has 1 amide bonds. The average molecular weight is 240 g/mol. The van der Waals surface area contributed by atoms with Gasteiger partial charge >= 0.3 is 0 Å². The SMILES string of the molecule is Cc1cccc(NC(=O)c2cn[nH]c2C)c1C#N. The van der Waals surface area contributed by atoms with Crippen molar-refractivity contribution in [2.45, 2.75) is 13.8 Å². The molecule has 0 aliphatic heterocycles. The second kappa shape index (κ2) is 4.72. The summed E-state index contributed by atoms with van der Waals surface area (Å²) in [6, 6.07) is 7.43. The minimum atomic E-state index is -0.275. The fraction of sp³-hybridized carbons (Fsp3) is 0.154. The van der Waals surface area contributed by atoms with Crippen LogP contribution < -0.4 is 5.32 Å². The topological polar surface area (TPSA) is 81.6 Å². The number of nitrogens with one attached hydrogen (secondary N) is 2. The maximum atomic E-state index is 12.0. The third-order valence-corrected chi connectivity index (χ3v) is 2.71. The number of aryl methyl sites for hydroxylation is 2. The summed E-state index contributed by atoms with van der Waals surface area (Å²) in [5, 5.41) is 18.3. The van der Waals surface area contributed by atoms with Gasteiger partial charge in [-0.1, -0.05) is 12.1 Å². The molecule has 0 unspecified atom stereocenters. The van der Waals surface area contributed by atoms with Crippen LogP contribution in [0.5, 0.6) is 0 Å². The number of H-pyrrole nitrogens is 1. The minimum Gasteiger partial charge on any atom is -0.321 e. The molecule has 5 nitrogen and oxygen atoms in total. The highest BCUT2D eigenvalue weighted by molar-refractivity contribution is 6.05. The van der Waals surface area contributed by atoms with Gasteiger partial charge in [0.05, 0.1) is 23.0 Å². The van der Waals surface area contributed by atoms with Crippen molar-refractivity contribution in [2.24, 2.45) is 0 Å². The van der Waals surface area contributed by atoms with E-state index in [0.717, 1.165) is 5.56 Å².